The number of nitrogens with one attached hydrogen (secondary N) is 1. The first-order valence-corrected chi connectivity index (χ1v) is 12.3. The lowest BCUT2D eigenvalue weighted by Crippen LogP contribution is -2.18. The van der Waals surface area contributed by atoms with Crippen LogP contribution in [0, 0.1) is 6.92 Å². The lowest BCUT2D eigenvalue weighted by Gasteiger charge is -2.07. The van der Waals surface area contributed by atoms with E-state index in [1.807, 2.05) is 6.92 Å². The molecule has 0 saturated heterocycles. The Balaban J connectivity index is 1.65. The number of benzene rings is 3. The smallest absolute Gasteiger partial charge is 0.339 e. The van der Waals surface area contributed by atoms with Gasteiger partial charge in [0, 0.05) is 4.47 Å². The highest BCUT2D eigenvalue weighted by atomic mass is 79.9. The van der Waals surface area contributed by atoms with E-state index in [0.29, 0.717) is 5.56 Å². The number of nitrogens with zero attached hydrogens (tertiary/aromatic N) is 1. The molecule has 0 saturated carbocycles. The summed E-state index contributed by atoms with van der Waals surface area (Å²) in [6.07, 6.45) is 1.30. The highest BCUT2D eigenvalue weighted by Gasteiger charge is 2.16. The minimum absolute atomic E-state index is 0.0566. The van der Waals surface area contributed by atoms with Gasteiger partial charge in [-0.1, -0.05) is 33.6 Å². The van der Waals surface area contributed by atoms with Crippen molar-refractivity contribution in [2.45, 2.75) is 16.7 Å². The third-order valence-corrected chi connectivity index (χ3v) is 6.93. The Kier molecular flexibility index (Phi) is 6.59. The van der Waals surface area contributed by atoms with Crippen LogP contribution in [0.4, 0.5) is 0 Å². The van der Waals surface area contributed by atoms with E-state index in [9.17, 15) is 16.8 Å². The van der Waals surface area contributed by atoms with Gasteiger partial charge in [-0.2, -0.15) is 21.9 Å². The molecule has 3 aromatic carbocycles. The Hall–Kier alpha value is -2.69. The molecule has 0 aliphatic carbocycles. The van der Waals surface area contributed by atoms with E-state index >= 15 is 0 Å². The molecule has 0 radical (unpaired) electrons. The Morgan fingerprint density at radius 3 is 2.00 bits per heavy atom. The van der Waals surface area contributed by atoms with Crippen LogP contribution >= 0.6 is 15.9 Å². The largest absolute Gasteiger partial charge is 0.379 e. The number of rotatable bonds is 7. The molecule has 0 atom stereocenters. The van der Waals surface area contributed by atoms with E-state index in [4.69, 9.17) is 4.18 Å². The SMILES string of the molecule is Cc1ccc(S(=O)(=O)Oc2ccc(C=NNS(=O)(=O)c3ccc(Br)cc3)cc2)cc1. The molecule has 0 aliphatic heterocycles. The van der Waals surface area contributed by atoms with Crippen LogP contribution in [0.1, 0.15) is 11.1 Å². The van der Waals surface area contributed by atoms with Crippen molar-refractivity contribution in [3.63, 3.8) is 0 Å². The van der Waals surface area contributed by atoms with Crippen LogP contribution in [0.5, 0.6) is 5.75 Å². The maximum Gasteiger partial charge on any atom is 0.339 e. The summed E-state index contributed by atoms with van der Waals surface area (Å²) in [5, 5.41) is 3.74. The van der Waals surface area contributed by atoms with E-state index < -0.39 is 20.1 Å². The van der Waals surface area contributed by atoms with Gasteiger partial charge in [0.2, 0.25) is 0 Å². The Bertz CT molecular complexity index is 1250. The summed E-state index contributed by atoms with van der Waals surface area (Å²) < 4.78 is 54.8. The van der Waals surface area contributed by atoms with Crippen molar-refractivity contribution in [3.8, 4) is 5.75 Å². The minimum Gasteiger partial charge on any atom is -0.379 e. The van der Waals surface area contributed by atoms with Crippen LogP contribution in [0.15, 0.2) is 92.2 Å². The zero-order chi connectivity index (χ0) is 21.8. The highest BCUT2D eigenvalue weighted by molar-refractivity contribution is 9.10. The molecule has 3 rings (SSSR count). The summed E-state index contributed by atoms with van der Waals surface area (Å²) in [6.45, 7) is 1.86. The highest BCUT2D eigenvalue weighted by Crippen LogP contribution is 2.19. The number of hydrogen-bond acceptors (Lipinski definition) is 6. The van der Waals surface area contributed by atoms with Gasteiger partial charge in [-0.25, -0.2) is 4.83 Å². The zero-order valence-corrected chi connectivity index (χ0v) is 18.9. The molecule has 0 heterocycles. The van der Waals surface area contributed by atoms with Gasteiger partial charge in [0.05, 0.1) is 11.1 Å². The molecule has 0 fully saturated rings. The van der Waals surface area contributed by atoms with Gasteiger partial charge >= 0.3 is 10.1 Å². The molecular formula is C20H17BrN2O5S2. The maximum absolute atomic E-state index is 12.3. The van der Waals surface area contributed by atoms with Gasteiger partial charge in [-0.3, -0.25) is 0 Å². The normalized spacial score (nSPS) is 12.1. The van der Waals surface area contributed by atoms with Crippen molar-refractivity contribution in [2.75, 3.05) is 0 Å². The van der Waals surface area contributed by atoms with Crippen LogP contribution in [-0.4, -0.2) is 23.1 Å². The molecule has 10 heteroatoms. The second-order valence-electron chi connectivity index (χ2n) is 6.23. The van der Waals surface area contributed by atoms with Gasteiger partial charge in [0.25, 0.3) is 10.0 Å². The van der Waals surface area contributed by atoms with Crippen LogP contribution in [0.2, 0.25) is 0 Å². The second-order valence-corrected chi connectivity index (χ2v) is 10.3. The van der Waals surface area contributed by atoms with E-state index in [1.165, 1.54) is 42.6 Å². The van der Waals surface area contributed by atoms with E-state index in [1.54, 1.807) is 36.4 Å². The number of hydrogen-bond donors (Lipinski definition) is 1. The fourth-order valence-electron chi connectivity index (χ4n) is 2.33. The molecule has 3 aromatic rings. The lowest BCUT2D eigenvalue weighted by molar-refractivity contribution is 0.486. The van der Waals surface area contributed by atoms with Crippen LogP contribution in [-0.2, 0) is 20.1 Å². The molecule has 0 unspecified atom stereocenters. The Morgan fingerprint density at radius 2 is 1.40 bits per heavy atom. The summed E-state index contributed by atoms with van der Waals surface area (Å²) in [6, 6.07) is 18.5. The molecule has 30 heavy (non-hydrogen) atoms. The summed E-state index contributed by atoms with van der Waals surface area (Å²) in [4.78, 5) is 2.25. The van der Waals surface area contributed by atoms with Crippen LogP contribution in [0.25, 0.3) is 0 Å². The molecule has 0 amide bonds. The Labute approximate surface area is 183 Å². The Morgan fingerprint density at radius 1 is 0.833 bits per heavy atom. The van der Waals surface area contributed by atoms with Crippen molar-refractivity contribution in [2.24, 2.45) is 5.10 Å². The third-order valence-electron chi connectivity index (χ3n) is 3.91. The summed E-state index contributed by atoms with van der Waals surface area (Å²) in [7, 11) is -7.73. The van der Waals surface area contributed by atoms with Crippen molar-refractivity contribution in [1.82, 2.24) is 4.83 Å². The average molecular weight is 509 g/mol. The molecule has 0 bridgehead atoms. The fourth-order valence-corrected chi connectivity index (χ4v) is 4.31. The van der Waals surface area contributed by atoms with Gasteiger partial charge in [-0.05, 0) is 73.2 Å². The van der Waals surface area contributed by atoms with Crippen LogP contribution in [0.3, 0.4) is 0 Å². The summed E-state index contributed by atoms with van der Waals surface area (Å²) >= 11 is 3.24. The van der Waals surface area contributed by atoms with Gasteiger partial charge in [0.1, 0.15) is 10.6 Å². The first-order chi connectivity index (χ1) is 14.2. The second kappa shape index (κ2) is 8.99. The number of sulfonamides is 1. The molecule has 7 nitrogen and oxygen atoms in total. The van der Waals surface area contributed by atoms with E-state index in [-0.39, 0.29) is 15.5 Å². The molecular weight excluding hydrogens is 492 g/mol. The molecule has 156 valence electrons. The topological polar surface area (TPSA) is 102 Å². The number of aryl methyl sites for hydroxylation is 1. The number of hydrazone groups is 1. The zero-order valence-electron chi connectivity index (χ0n) is 15.7. The monoisotopic (exact) mass is 508 g/mol. The quantitative estimate of drug-likeness (QED) is 0.296. The van der Waals surface area contributed by atoms with Crippen molar-refractivity contribution in [1.29, 1.82) is 0 Å². The molecule has 0 aromatic heterocycles. The van der Waals surface area contributed by atoms with Gasteiger partial charge in [0.15, 0.2) is 0 Å². The van der Waals surface area contributed by atoms with Gasteiger partial charge in [-0.15, -0.1) is 0 Å². The van der Waals surface area contributed by atoms with Crippen molar-refractivity contribution < 1.29 is 21.0 Å². The van der Waals surface area contributed by atoms with Crippen molar-refractivity contribution in [3.05, 3.63) is 88.4 Å². The lowest BCUT2D eigenvalue weighted by atomic mass is 10.2. The van der Waals surface area contributed by atoms with Crippen molar-refractivity contribution >= 4 is 42.3 Å². The summed E-state index contributed by atoms with van der Waals surface area (Å²) in [5.41, 5.74) is 1.49. The maximum atomic E-state index is 12.3. The van der Waals surface area contributed by atoms with E-state index in [0.717, 1.165) is 10.0 Å². The molecule has 0 aliphatic rings. The predicted octanol–water partition coefficient (Wildman–Crippen LogP) is 3.84. The predicted molar refractivity (Wildman–Crippen MR) is 117 cm³/mol. The molecule has 0 spiro atoms. The first kappa shape index (κ1) is 22.0. The fraction of sp³-hybridized carbons (Fsp3) is 0.0500. The standard InChI is InChI=1S/C20H17BrN2O5S2/c1-15-2-10-20(11-3-15)30(26,27)28-18-8-4-16(5-9-18)14-22-23-29(24,25)19-12-6-17(21)7-13-19/h2-14,23H,1H3. The van der Waals surface area contributed by atoms with Crippen LogP contribution < -0.4 is 9.01 Å². The molecule has 1 N–H and O–H groups in total. The number of halogens is 1. The minimum atomic E-state index is -3.94. The summed E-state index contributed by atoms with van der Waals surface area (Å²) in [5.74, 6) is 0.128. The first-order valence-electron chi connectivity index (χ1n) is 8.57. The van der Waals surface area contributed by atoms with E-state index in [2.05, 4.69) is 25.9 Å². The average Bonchev–Trinajstić information content (AvgIpc) is 2.70. The van der Waals surface area contributed by atoms with Gasteiger partial charge < -0.3 is 4.18 Å². The third kappa shape index (κ3) is 5.68.